The van der Waals surface area contributed by atoms with Crippen LogP contribution in [-0.2, 0) is 0 Å². The molecule has 1 aromatic carbocycles. The molecule has 0 aliphatic carbocycles. The van der Waals surface area contributed by atoms with Crippen LogP contribution >= 0.6 is 11.6 Å². The van der Waals surface area contributed by atoms with Gasteiger partial charge in [-0.1, -0.05) is 30.3 Å². The quantitative estimate of drug-likeness (QED) is 0.492. The predicted molar refractivity (Wildman–Crippen MR) is 136 cm³/mol. The first-order chi connectivity index (χ1) is 15.5. The van der Waals surface area contributed by atoms with Gasteiger partial charge in [0.05, 0.1) is 34.0 Å². The molecule has 2 aliphatic heterocycles. The Labute approximate surface area is 196 Å². The third kappa shape index (κ3) is 4.77. The Balaban J connectivity index is 1.55. The topological polar surface area (TPSA) is 59.6 Å². The molecule has 6 nitrogen and oxygen atoms in total. The molecule has 172 valence electrons. The molecule has 2 aromatic rings. The number of para-hydroxylation sites is 1. The molecule has 1 aromatic heterocycles. The summed E-state index contributed by atoms with van der Waals surface area (Å²) < 4.78 is 0. The Morgan fingerprint density at radius 1 is 1.25 bits per heavy atom. The smallest absolute Gasteiger partial charge is 0.124 e. The van der Waals surface area contributed by atoms with Crippen LogP contribution < -0.4 is 10.2 Å². The summed E-state index contributed by atoms with van der Waals surface area (Å²) in [5.74, 6) is 0.997. The van der Waals surface area contributed by atoms with Gasteiger partial charge in [-0.3, -0.25) is 15.2 Å². The van der Waals surface area contributed by atoms with Crippen molar-refractivity contribution in [1.82, 2.24) is 20.2 Å². The number of anilines is 1. The fraction of sp³-hybridized carbons (Fsp3) is 0.520. The summed E-state index contributed by atoms with van der Waals surface area (Å²) in [4.78, 5) is 18.2. The molecule has 2 N–H and O–H groups in total. The number of H-pyrrole nitrogens is 1. The first-order valence-electron chi connectivity index (χ1n) is 11.7. The van der Waals surface area contributed by atoms with E-state index in [0.29, 0.717) is 11.1 Å². The van der Waals surface area contributed by atoms with Crippen molar-refractivity contribution in [2.45, 2.75) is 51.2 Å². The monoisotopic (exact) mass is 454 g/mol. The maximum Gasteiger partial charge on any atom is 0.124 e. The number of imidazole rings is 1. The average molecular weight is 455 g/mol. The molecule has 2 atom stereocenters. The molecule has 0 radical (unpaired) electrons. The summed E-state index contributed by atoms with van der Waals surface area (Å²) in [5, 5.41) is 4.38. The van der Waals surface area contributed by atoms with Crippen LogP contribution in [0.15, 0.2) is 47.0 Å². The minimum atomic E-state index is 0.110. The van der Waals surface area contributed by atoms with Crippen molar-refractivity contribution in [3.63, 3.8) is 0 Å². The van der Waals surface area contributed by atoms with Gasteiger partial charge in [0.1, 0.15) is 11.3 Å². The van der Waals surface area contributed by atoms with Crippen LogP contribution in [0, 0.1) is 0 Å². The number of piperidine rings is 1. The van der Waals surface area contributed by atoms with Gasteiger partial charge in [0, 0.05) is 39.3 Å². The van der Waals surface area contributed by atoms with E-state index < -0.39 is 0 Å². The largest absolute Gasteiger partial charge is 0.367 e. The van der Waals surface area contributed by atoms with E-state index in [4.69, 9.17) is 16.6 Å². The Morgan fingerprint density at radius 2 is 2.03 bits per heavy atom. The van der Waals surface area contributed by atoms with Crippen LogP contribution in [0.4, 0.5) is 5.69 Å². The molecule has 0 spiro atoms. The van der Waals surface area contributed by atoms with Crippen molar-refractivity contribution < 1.29 is 0 Å². The summed E-state index contributed by atoms with van der Waals surface area (Å²) in [6, 6.07) is 7.32. The number of nitrogens with zero attached hydrogens (tertiary/aromatic N) is 4. The molecule has 0 amide bonds. The molecular weight excluding hydrogens is 420 g/mol. The predicted octanol–water partition coefficient (Wildman–Crippen LogP) is 4.66. The minimum absolute atomic E-state index is 0.110. The summed E-state index contributed by atoms with van der Waals surface area (Å²) in [6.07, 6.45) is 6.66. The van der Waals surface area contributed by atoms with E-state index in [9.17, 15) is 0 Å². The van der Waals surface area contributed by atoms with Crippen LogP contribution in [0.5, 0.6) is 0 Å². The molecule has 0 bridgehead atoms. The van der Waals surface area contributed by atoms with Crippen LogP contribution in [0.3, 0.4) is 0 Å². The zero-order valence-corrected chi connectivity index (χ0v) is 20.2. The highest BCUT2D eigenvalue weighted by Gasteiger charge is 2.29. The second-order valence-corrected chi connectivity index (χ2v) is 9.38. The van der Waals surface area contributed by atoms with Crippen LogP contribution in [-0.4, -0.2) is 65.9 Å². The van der Waals surface area contributed by atoms with Crippen LogP contribution in [0.2, 0.25) is 0 Å². The molecule has 0 saturated carbocycles. The summed E-state index contributed by atoms with van der Waals surface area (Å²) in [5.41, 5.74) is 4.28. The van der Waals surface area contributed by atoms with E-state index in [-0.39, 0.29) is 12.1 Å². The number of nitrogens with one attached hydrogen (secondary N) is 2. The van der Waals surface area contributed by atoms with E-state index in [0.717, 1.165) is 68.0 Å². The van der Waals surface area contributed by atoms with Crippen molar-refractivity contribution in [2.75, 3.05) is 38.1 Å². The molecule has 2 saturated heterocycles. The van der Waals surface area contributed by atoms with Gasteiger partial charge in [-0.15, -0.1) is 0 Å². The molecule has 2 fully saturated rings. The fourth-order valence-corrected chi connectivity index (χ4v) is 5.23. The maximum atomic E-state index is 6.46. The lowest BCUT2D eigenvalue weighted by Gasteiger charge is -2.38. The Kier molecular flexibility index (Phi) is 7.33. The highest BCUT2D eigenvalue weighted by molar-refractivity contribution is 6.44. The number of hydrogen-bond acceptors (Lipinski definition) is 5. The number of fused-ring (bicyclic) bond motifs is 1. The molecule has 2 aliphatic rings. The fourth-order valence-electron chi connectivity index (χ4n) is 4.92. The second-order valence-electron chi connectivity index (χ2n) is 8.97. The van der Waals surface area contributed by atoms with E-state index in [1.165, 1.54) is 5.69 Å². The summed E-state index contributed by atoms with van der Waals surface area (Å²) in [6.45, 7) is 12.6. The Morgan fingerprint density at radius 3 is 2.72 bits per heavy atom. The molecule has 3 heterocycles. The lowest BCUT2D eigenvalue weighted by atomic mass is 9.94. The number of rotatable bonds is 6. The minimum Gasteiger partial charge on any atom is -0.367 e. The van der Waals surface area contributed by atoms with Gasteiger partial charge >= 0.3 is 0 Å². The molecule has 32 heavy (non-hydrogen) atoms. The van der Waals surface area contributed by atoms with E-state index in [1.807, 2.05) is 6.08 Å². The van der Waals surface area contributed by atoms with E-state index in [1.54, 1.807) is 13.1 Å². The number of allylic oxidation sites excluding steroid dienone is 2. The van der Waals surface area contributed by atoms with E-state index in [2.05, 4.69) is 63.7 Å². The van der Waals surface area contributed by atoms with Crippen molar-refractivity contribution in [2.24, 2.45) is 4.99 Å². The van der Waals surface area contributed by atoms with Gasteiger partial charge < -0.3 is 9.88 Å². The molecule has 4 rings (SSSR count). The number of aromatic nitrogens is 2. The second kappa shape index (κ2) is 10.2. The van der Waals surface area contributed by atoms with Crippen molar-refractivity contribution in [3.8, 4) is 0 Å². The molecule has 0 unspecified atom stereocenters. The van der Waals surface area contributed by atoms with Gasteiger partial charge in [0.2, 0.25) is 0 Å². The SMILES string of the molecule is C=C/C=C(/Cl)C(=NC)[C@@H]1CCC[C@H](c2nc3c(N4CCN(C(C)C)CC4)cccc3[nH]2)N1. The standard InChI is InChI=1S/C25H35ClN6/c1-5-8-18(26)23(27-4)19-9-6-11-21(28-19)25-29-20-10-7-12-22(24(20)30-25)32-15-13-31(14-16-32)17(2)3/h5,7-8,10,12,17,19,21,28H,1,6,9,11,13-16H2,2-4H3,(H,29,30)/b18-8+,27-23?/t19-,21+/m0/s1. The normalized spacial score (nSPS) is 23.8. The van der Waals surface area contributed by atoms with Crippen molar-refractivity contribution in [1.29, 1.82) is 0 Å². The van der Waals surface area contributed by atoms with Gasteiger partial charge in [-0.25, -0.2) is 4.98 Å². The van der Waals surface area contributed by atoms with Crippen molar-refractivity contribution in [3.05, 3.63) is 47.8 Å². The zero-order chi connectivity index (χ0) is 22.7. The highest BCUT2D eigenvalue weighted by Crippen LogP contribution is 2.31. The zero-order valence-electron chi connectivity index (χ0n) is 19.4. The van der Waals surface area contributed by atoms with Crippen LogP contribution in [0.1, 0.15) is 45.0 Å². The number of aliphatic imine (C=N–C) groups is 1. The maximum absolute atomic E-state index is 6.46. The third-order valence-corrected chi connectivity index (χ3v) is 7.01. The van der Waals surface area contributed by atoms with Gasteiger partial charge in [-0.2, -0.15) is 0 Å². The lowest BCUT2D eigenvalue weighted by Crippen LogP contribution is -2.48. The van der Waals surface area contributed by atoms with Gasteiger partial charge in [-0.05, 0) is 51.3 Å². The van der Waals surface area contributed by atoms with Crippen LogP contribution in [0.25, 0.3) is 11.0 Å². The number of hydrogen-bond donors (Lipinski definition) is 2. The number of benzene rings is 1. The summed E-state index contributed by atoms with van der Waals surface area (Å²) in [7, 11) is 1.80. The molecular formula is C25H35ClN6. The number of piperazine rings is 1. The first-order valence-corrected chi connectivity index (χ1v) is 12.1. The van der Waals surface area contributed by atoms with Gasteiger partial charge in [0.25, 0.3) is 0 Å². The Bertz CT molecular complexity index is 999. The number of halogens is 1. The molecule has 7 heteroatoms. The average Bonchev–Trinajstić information content (AvgIpc) is 3.25. The summed E-state index contributed by atoms with van der Waals surface area (Å²) >= 11 is 6.46. The van der Waals surface area contributed by atoms with E-state index >= 15 is 0 Å². The van der Waals surface area contributed by atoms with Crippen molar-refractivity contribution >= 4 is 34.0 Å². The number of aromatic amines is 1. The first kappa shape index (κ1) is 23.0. The third-order valence-electron chi connectivity index (χ3n) is 6.69. The lowest BCUT2D eigenvalue weighted by molar-refractivity contribution is 0.209. The Hall–Kier alpha value is -2.15. The highest BCUT2D eigenvalue weighted by atomic mass is 35.5. The van der Waals surface area contributed by atoms with Gasteiger partial charge in [0.15, 0.2) is 0 Å².